The summed E-state index contributed by atoms with van der Waals surface area (Å²) in [6.45, 7) is 5.52. The molecule has 27 heavy (non-hydrogen) atoms. The van der Waals surface area contributed by atoms with E-state index in [2.05, 4.69) is 22.1 Å². The van der Waals surface area contributed by atoms with Crippen molar-refractivity contribution in [1.29, 1.82) is 0 Å². The number of benzene rings is 2. The quantitative estimate of drug-likeness (QED) is 0.518. The number of ether oxygens (including phenoxy) is 1. The van der Waals surface area contributed by atoms with Crippen LogP contribution < -0.4 is 5.32 Å². The van der Waals surface area contributed by atoms with Crippen molar-refractivity contribution < 1.29 is 13.9 Å². The highest BCUT2D eigenvalue weighted by atomic mass is 16.5. The number of rotatable bonds is 6. The first-order chi connectivity index (χ1) is 13.1. The molecular weight excluding hydrogens is 342 g/mol. The van der Waals surface area contributed by atoms with Gasteiger partial charge in [-0.3, -0.25) is 4.79 Å². The molecule has 0 fully saturated rings. The van der Waals surface area contributed by atoms with E-state index in [1.54, 1.807) is 30.4 Å². The third kappa shape index (κ3) is 4.12. The van der Waals surface area contributed by atoms with Crippen LogP contribution in [0.25, 0.3) is 17.2 Å². The van der Waals surface area contributed by atoms with Crippen LogP contribution in [0.3, 0.4) is 0 Å². The smallest absolute Gasteiger partial charge is 0.283 e. The van der Waals surface area contributed by atoms with Gasteiger partial charge >= 0.3 is 0 Å². The highest BCUT2D eigenvalue weighted by Crippen LogP contribution is 2.24. The molecule has 1 amide bonds. The molecule has 0 saturated carbocycles. The lowest BCUT2D eigenvalue weighted by Gasteiger charge is -2.08. The van der Waals surface area contributed by atoms with Crippen LogP contribution in [0.2, 0.25) is 0 Å². The summed E-state index contributed by atoms with van der Waals surface area (Å²) in [4.78, 5) is 12.5. The van der Waals surface area contributed by atoms with Gasteiger partial charge in [0.2, 0.25) is 5.89 Å². The Morgan fingerprint density at radius 2 is 2.00 bits per heavy atom. The average molecular weight is 361 g/mol. The fourth-order valence-corrected chi connectivity index (χ4v) is 2.53. The van der Waals surface area contributed by atoms with Crippen molar-refractivity contribution in [2.75, 3.05) is 12.4 Å². The van der Waals surface area contributed by atoms with Crippen LogP contribution in [-0.4, -0.2) is 23.2 Å². The molecule has 2 aromatic carbocycles. The van der Waals surface area contributed by atoms with Crippen molar-refractivity contribution in [2.45, 2.75) is 6.92 Å². The molecule has 0 radical (unpaired) electrons. The Morgan fingerprint density at radius 1 is 1.19 bits per heavy atom. The van der Waals surface area contributed by atoms with Gasteiger partial charge in [0.15, 0.2) is 5.76 Å². The molecule has 6 nitrogen and oxygen atoms in total. The maximum atomic E-state index is 12.5. The number of hydrogen-bond acceptors (Lipinski definition) is 5. The Morgan fingerprint density at radius 3 is 2.74 bits per heavy atom. The normalized spacial score (nSPS) is 11.1. The van der Waals surface area contributed by atoms with Gasteiger partial charge < -0.3 is 14.5 Å². The minimum Gasteiger partial charge on any atom is -0.491 e. The van der Waals surface area contributed by atoms with E-state index in [9.17, 15) is 4.79 Å². The zero-order valence-corrected chi connectivity index (χ0v) is 15.1. The lowest BCUT2D eigenvalue weighted by atomic mass is 10.1. The van der Waals surface area contributed by atoms with E-state index in [0.717, 1.165) is 5.56 Å². The number of nitrogens with one attached hydrogen (secondary N) is 1. The molecule has 0 saturated heterocycles. The van der Waals surface area contributed by atoms with Crippen LogP contribution in [0.5, 0.6) is 0 Å². The van der Waals surface area contributed by atoms with Crippen LogP contribution in [0.1, 0.15) is 21.8 Å². The third-order valence-electron chi connectivity index (χ3n) is 3.88. The Bertz CT molecular complexity index is 1010. The minimum absolute atomic E-state index is 0.174. The molecule has 3 aromatic rings. The van der Waals surface area contributed by atoms with Crippen molar-refractivity contribution in [3.8, 4) is 11.5 Å². The van der Waals surface area contributed by atoms with Gasteiger partial charge in [0, 0.05) is 16.8 Å². The summed E-state index contributed by atoms with van der Waals surface area (Å²) < 4.78 is 10.9. The molecule has 1 aromatic heterocycles. The zero-order chi connectivity index (χ0) is 19.2. The Labute approximate surface area is 157 Å². The predicted molar refractivity (Wildman–Crippen MR) is 104 cm³/mol. The van der Waals surface area contributed by atoms with Crippen molar-refractivity contribution in [2.24, 2.45) is 0 Å². The van der Waals surface area contributed by atoms with Gasteiger partial charge in [-0.05, 0) is 42.8 Å². The highest BCUT2D eigenvalue weighted by molar-refractivity contribution is 6.05. The van der Waals surface area contributed by atoms with E-state index >= 15 is 0 Å². The van der Waals surface area contributed by atoms with Crippen LogP contribution in [0.4, 0.5) is 5.69 Å². The molecule has 0 atom stereocenters. The molecule has 6 heteroatoms. The second-order valence-electron chi connectivity index (χ2n) is 5.73. The number of methoxy groups -OCH3 is 1. The second-order valence-corrected chi connectivity index (χ2v) is 5.73. The number of carbonyl (C=O) groups is 1. The molecule has 3 rings (SSSR count). The van der Waals surface area contributed by atoms with E-state index in [1.807, 2.05) is 37.3 Å². The summed E-state index contributed by atoms with van der Waals surface area (Å²) in [5, 5.41) is 10.9. The number of hydrogen-bond donors (Lipinski definition) is 1. The molecule has 0 aliphatic heterocycles. The minimum atomic E-state index is -0.174. The van der Waals surface area contributed by atoms with Gasteiger partial charge in [-0.2, -0.15) is 0 Å². The van der Waals surface area contributed by atoms with E-state index < -0.39 is 0 Å². The first kappa shape index (κ1) is 18.1. The highest BCUT2D eigenvalue weighted by Gasteiger charge is 2.14. The Hall–Kier alpha value is -3.67. The summed E-state index contributed by atoms with van der Waals surface area (Å²) in [5.74, 6) is 0.825. The maximum absolute atomic E-state index is 12.5. The van der Waals surface area contributed by atoms with Gasteiger partial charge in [-0.15, -0.1) is 10.2 Å². The van der Waals surface area contributed by atoms with Gasteiger partial charge in [0.1, 0.15) is 0 Å². The van der Waals surface area contributed by atoms with E-state index in [-0.39, 0.29) is 11.8 Å². The lowest BCUT2D eigenvalue weighted by molar-refractivity contribution is 0.102. The van der Waals surface area contributed by atoms with Gasteiger partial charge in [-0.1, -0.05) is 36.9 Å². The van der Waals surface area contributed by atoms with Crippen molar-refractivity contribution in [3.05, 3.63) is 84.3 Å². The molecule has 1 N–H and O–H groups in total. The summed E-state index contributed by atoms with van der Waals surface area (Å²) in [6.07, 6.45) is 3.21. The van der Waals surface area contributed by atoms with Gasteiger partial charge in [-0.25, -0.2) is 0 Å². The molecular formula is C21H19N3O3. The number of nitrogens with zero attached hydrogens (tertiary/aromatic N) is 2. The van der Waals surface area contributed by atoms with Crippen LogP contribution in [-0.2, 0) is 4.74 Å². The fourth-order valence-electron chi connectivity index (χ4n) is 2.53. The first-order valence-electron chi connectivity index (χ1n) is 8.30. The lowest BCUT2D eigenvalue weighted by Crippen LogP contribution is -2.13. The van der Waals surface area contributed by atoms with Crippen LogP contribution in [0.15, 0.2) is 71.7 Å². The first-order valence-corrected chi connectivity index (χ1v) is 8.30. The van der Waals surface area contributed by atoms with Crippen molar-refractivity contribution in [3.63, 3.8) is 0 Å². The van der Waals surface area contributed by atoms with Crippen LogP contribution in [0, 0.1) is 6.92 Å². The molecule has 1 heterocycles. The number of amides is 1. The average Bonchev–Trinajstić information content (AvgIpc) is 3.16. The van der Waals surface area contributed by atoms with Gasteiger partial charge in [0.25, 0.3) is 11.8 Å². The summed E-state index contributed by atoms with van der Waals surface area (Å²) in [7, 11) is 1.51. The molecule has 0 aliphatic rings. The monoisotopic (exact) mass is 361 g/mol. The SMILES string of the molecule is C=C/C=C(\OC)c1nnc(-c2cccc(NC(=O)c3ccccc3C)c2)o1. The van der Waals surface area contributed by atoms with Gasteiger partial charge in [0.05, 0.1) is 7.11 Å². The molecule has 0 bridgehead atoms. The number of aromatic nitrogens is 2. The number of anilines is 1. The number of allylic oxidation sites excluding steroid dienone is 2. The number of carbonyl (C=O) groups excluding carboxylic acids is 1. The summed E-state index contributed by atoms with van der Waals surface area (Å²) in [6, 6.07) is 14.6. The third-order valence-corrected chi connectivity index (χ3v) is 3.88. The molecule has 136 valence electrons. The molecule has 0 aliphatic carbocycles. The summed E-state index contributed by atoms with van der Waals surface area (Å²) in [5.41, 5.74) is 2.86. The zero-order valence-electron chi connectivity index (χ0n) is 15.1. The van der Waals surface area contributed by atoms with E-state index in [0.29, 0.717) is 28.5 Å². The fraction of sp³-hybridized carbons (Fsp3) is 0.0952. The number of aryl methyl sites for hydroxylation is 1. The van der Waals surface area contributed by atoms with E-state index in [4.69, 9.17) is 9.15 Å². The summed E-state index contributed by atoms with van der Waals surface area (Å²) >= 11 is 0. The molecule has 0 spiro atoms. The van der Waals surface area contributed by atoms with Crippen LogP contribution >= 0.6 is 0 Å². The standard InChI is InChI=1S/C21H19N3O3/c1-4-8-18(26-3)21-24-23-20(27-21)15-10-7-11-16(13-15)22-19(25)17-12-6-5-9-14(17)2/h4-13H,1H2,2-3H3,(H,22,25)/b18-8-. The van der Waals surface area contributed by atoms with E-state index in [1.165, 1.54) is 7.11 Å². The largest absolute Gasteiger partial charge is 0.491 e. The van der Waals surface area contributed by atoms with Crippen molar-refractivity contribution in [1.82, 2.24) is 10.2 Å². The van der Waals surface area contributed by atoms with Crippen molar-refractivity contribution >= 4 is 17.4 Å². The topological polar surface area (TPSA) is 77.3 Å². The molecule has 0 unspecified atom stereocenters. The Balaban J connectivity index is 1.83. The second kappa shape index (κ2) is 8.14. The predicted octanol–water partition coefficient (Wildman–Crippen LogP) is 4.47. The Kier molecular flexibility index (Phi) is 5.47. The maximum Gasteiger partial charge on any atom is 0.283 e.